The van der Waals surface area contributed by atoms with Crippen molar-refractivity contribution >= 4 is 15.9 Å². The number of rotatable bonds is 6. The lowest BCUT2D eigenvalue weighted by Crippen LogP contribution is -2.44. The van der Waals surface area contributed by atoms with Crippen molar-refractivity contribution in [2.75, 3.05) is 7.11 Å². The van der Waals surface area contributed by atoms with Crippen LogP contribution in [0.1, 0.15) is 56.3 Å². The maximum absolute atomic E-state index is 13.2. The van der Waals surface area contributed by atoms with Crippen LogP contribution in [0.15, 0.2) is 23.1 Å². The third kappa shape index (κ3) is 3.89. The average Bonchev–Trinajstić information content (AvgIpc) is 3.07. The number of ether oxygens (including phenoxy) is 1. The quantitative estimate of drug-likeness (QED) is 0.850. The monoisotopic (exact) mass is 354 g/mol. The Bertz CT molecular complexity index is 697. The second-order valence-electron chi connectivity index (χ2n) is 6.32. The van der Waals surface area contributed by atoms with E-state index in [1.54, 1.807) is 0 Å². The molecule has 0 aromatic heterocycles. The van der Waals surface area contributed by atoms with Gasteiger partial charge in [0.1, 0.15) is 5.75 Å². The highest BCUT2D eigenvalue weighted by Gasteiger charge is 2.32. The third-order valence-corrected chi connectivity index (χ3v) is 5.66. The van der Waals surface area contributed by atoms with Crippen LogP contribution >= 0.6 is 0 Å². The van der Waals surface area contributed by atoms with Crippen molar-refractivity contribution in [1.29, 1.82) is 0 Å². The number of nitrogens with zero attached hydrogens (tertiary/aromatic N) is 1. The van der Waals surface area contributed by atoms with E-state index in [9.17, 15) is 13.2 Å². The minimum Gasteiger partial charge on any atom is -0.496 e. The van der Waals surface area contributed by atoms with Gasteiger partial charge in [-0.15, -0.1) is 0 Å². The van der Waals surface area contributed by atoms with E-state index in [-0.39, 0.29) is 28.4 Å². The molecule has 1 aliphatic carbocycles. The van der Waals surface area contributed by atoms with Gasteiger partial charge in [-0.05, 0) is 44.4 Å². The third-order valence-electron chi connectivity index (χ3n) is 4.75. The number of sulfonamides is 1. The average molecular weight is 354 g/mol. The van der Waals surface area contributed by atoms with E-state index >= 15 is 0 Å². The predicted molar refractivity (Wildman–Crippen MR) is 92.5 cm³/mol. The van der Waals surface area contributed by atoms with Gasteiger partial charge >= 0.3 is 0 Å². The van der Waals surface area contributed by atoms with Crippen LogP contribution in [0.25, 0.3) is 0 Å². The summed E-state index contributed by atoms with van der Waals surface area (Å²) in [4.78, 5) is 15.0. The largest absolute Gasteiger partial charge is 0.496 e. The first kappa shape index (κ1) is 18.7. The summed E-state index contributed by atoms with van der Waals surface area (Å²) in [6.07, 6.45) is 5.01. The smallest absolute Gasteiger partial charge is 0.258 e. The van der Waals surface area contributed by atoms with E-state index in [4.69, 9.17) is 9.88 Å². The molecule has 2 N–H and O–H groups in total. The fourth-order valence-corrected chi connectivity index (χ4v) is 3.82. The molecule has 0 spiro atoms. The molecule has 2 rings (SSSR count). The van der Waals surface area contributed by atoms with E-state index in [0.29, 0.717) is 5.75 Å². The second-order valence-corrected chi connectivity index (χ2v) is 7.88. The molecule has 1 aromatic rings. The van der Waals surface area contributed by atoms with Crippen molar-refractivity contribution in [3.8, 4) is 5.75 Å². The molecule has 1 saturated carbocycles. The summed E-state index contributed by atoms with van der Waals surface area (Å²) in [7, 11) is -2.42. The SMILES string of the molecule is CC[C@@H](C)N(C(=O)c1cc(S(N)(=O)=O)ccc1OC)C1CCCC1. The van der Waals surface area contributed by atoms with Crippen molar-refractivity contribution in [2.45, 2.75) is 62.9 Å². The fraction of sp³-hybridized carbons (Fsp3) is 0.588. The minimum atomic E-state index is -3.88. The van der Waals surface area contributed by atoms with E-state index in [1.165, 1.54) is 25.3 Å². The molecule has 0 bridgehead atoms. The number of nitrogens with two attached hydrogens (primary N) is 1. The molecule has 1 amide bonds. The Kier molecular flexibility index (Phi) is 5.87. The van der Waals surface area contributed by atoms with Crippen molar-refractivity contribution < 1.29 is 17.9 Å². The first-order valence-corrected chi connectivity index (χ1v) is 9.87. The van der Waals surface area contributed by atoms with Crippen LogP contribution in [-0.4, -0.2) is 38.4 Å². The van der Waals surface area contributed by atoms with Crippen LogP contribution in [0.2, 0.25) is 0 Å². The zero-order chi connectivity index (χ0) is 17.9. The minimum absolute atomic E-state index is 0.0726. The van der Waals surface area contributed by atoms with Crippen LogP contribution < -0.4 is 9.88 Å². The number of primary sulfonamides is 1. The van der Waals surface area contributed by atoms with Crippen molar-refractivity contribution in [2.24, 2.45) is 5.14 Å². The molecule has 0 heterocycles. The number of carbonyl (C=O) groups is 1. The molecular formula is C17H26N2O4S. The first-order valence-electron chi connectivity index (χ1n) is 8.33. The summed E-state index contributed by atoms with van der Waals surface area (Å²) >= 11 is 0. The van der Waals surface area contributed by atoms with Gasteiger partial charge in [0.05, 0.1) is 17.6 Å². The molecule has 0 unspecified atom stereocenters. The number of methoxy groups -OCH3 is 1. The number of carbonyl (C=O) groups excluding carboxylic acids is 1. The first-order chi connectivity index (χ1) is 11.3. The fourth-order valence-electron chi connectivity index (χ4n) is 3.28. The van der Waals surface area contributed by atoms with Gasteiger partial charge in [-0.3, -0.25) is 4.79 Å². The number of hydrogen-bond donors (Lipinski definition) is 1. The number of amides is 1. The highest BCUT2D eigenvalue weighted by atomic mass is 32.2. The van der Waals surface area contributed by atoms with E-state index in [0.717, 1.165) is 32.1 Å². The standard InChI is InChI=1S/C17H26N2O4S/c1-4-12(2)19(13-7-5-6-8-13)17(20)15-11-14(24(18,21)22)9-10-16(15)23-3/h9-13H,4-8H2,1-3H3,(H2,18,21,22)/t12-/m1/s1. The maximum Gasteiger partial charge on any atom is 0.258 e. The topological polar surface area (TPSA) is 89.7 Å². The molecule has 1 aromatic carbocycles. The normalized spacial score (nSPS) is 16.8. The van der Waals surface area contributed by atoms with Crippen LogP contribution in [0.4, 0.5) is 0 Å². The molecule has 0 radical (unpaired) electrons. The van der Waals surface area contributed by atoms with E-state index < -0.39 is 10.0 Å². The van der Waals surface area contributed by atoms with Gasteiger partial charge in [0.25, 0.3) is 5.91 Å². The van der Waals surface area contributed by atoms with Crippen molar-refractivity contribution in [3.63, 3.8) is 0 Å². The molecule has 1 fully saturated rings. The summed E-state index contributed by atoms with van der Waals surface area (Å²) in [5.41, 5.74) is 0.247. The second kappa shape index (κ2) is 7.53. The lowest BCUT2D eigenvalue weighted by Gasteiger charge is -2.34. The van der Waals surface area contributed by atoms with Crippen LogP contribution in [0.3, 0.4) is 0 Å². The summed E-state index contributed by atoms with van der Waals surface area (Å²) in [5, 5.41) is 5.21. The Morgan fingerprint density at radius 3 is 2.50 bits per heavy atom. The summed E-state index contributed by atoms with van der Waals surface area (Å²) < 4.78 is 28.5. The van der Waals surface area contributed by atoms with Gasteiger partial charge in [0.15, 0.2) is 0 Å². The highest BCUT2D eigenvalue weighted by Crippen LogP contribution is 2.30. The molecule has 1 aliphatic rings. The van der Waals surface area contributed by atoms with Crippen LogP contribution in [0, 0.1) is 0 Å². The Morgan fingerprint density at radius 1 is 1.38 bits per heavy atom. The molecular weight excluding hydrogens is 328 g/mol. The van der Waals surface area contributed by atoms with Crippen molar-refractivity contribution in [3.05, 3.63) is 23.8 Å². The van der Waals surface area contributed by atoms with Gasteiger partial charge in [0.2, 0.25) is 10.0 Å². The highest BCUT2D eigenvalue weighted by molar-refractivity contribution is 7.89. The van der Waals surface area contributed by atoms with Crippen LogP contribution in [-0.2, 0) is 10.0 Å². The van der Waals surface area contributed by atoms with E-state index in [2.05, 4.69) is 0 Å². The summed E-state index contributed by atoms with van der Waals surface area (Å²) in [6.45, 7) is 4.06. The van der Waals surface area contributed by atoms with Crippen LogP contribution in [0.5, 0.6) is 5.75 Å². The van der Waals surface area contributed by atoms with Crippen molar-refractivity contribution in [1.82, 2.24) is 4.90 Å². The van der Waals surface area contributed by atoms with Gasteiger partial charge < -0.3 is 9.64 Å². The van der Waals surface area contributed by atoms with Gasteiger partial charge in [0, 0.05) is 12.1 Å². The molecule has 1 atom stereocenters. The lowest BCUT2D eigenvalue weighted by molar-refractivity contribution is 0.0586. The molecule has 7 heteroatoms. The summed E-state index contributed by atoms with van der Waals surface area (Å²) in [6, 6.07) is 4.42. The predicted octanol–water partition coefficient (Wildman–Crippen LogP) is 2.53. The zero-order valence-corrected chi connectivity index (χ0v) is 15.3. The molecule has 134 valence electrons. The van der Waals surface area contributed by atoms with E-state index in [1.807, 2.05) is 18.7 Å². The van der Waals surface area contributed by atoms with Gasteiger partial charge in [-0.2, -0.15) is 0 Å². The molecule has 6 nitrogen and oxygen atoms in total. The maximum atomic E-state index is 13.2. The molecule has 24 heavy (non-hydrogen) atoms. The molecule has 0 aliphatic heterocycles. The number of hydrogen-bond acceptors (Lipinski definition) is 4. The lowest BCUT2D eigenvalue weighted by atomic mass is 10.1. The Labute approximate surface area is 144 Å². The molecule has 0 saturated heterocycles. The van der Waals surface area contributed by atoms with Gasteiger partial charge in [-0.25, -0.2) is 13.6 Å². The Morgan fingerprint density at radius 2 is 2.00 bits per heavy atom. The Hall–Kier alpha value is -1.60. The number of benzene rings is 1. The zero-order valence-electron chi connectivity index (χ0n) is 14.5. The van der Waals surface area contributed by atoms with Gasteiger partial charge in [-0.1, -0.05) is 19.8 Å². The summed E-state index contributed by atoms with van der Waals surface area (Å²) in [5.74, 6) is 0.164. The Balaban J connectivity index is 2.48.